The number of ketones is 2. The molecule has 0 saturated carbocycles. The maximum absolute atomic E-state index is 12.5. The lowest BCUT2D eigenvalue weighted by Gasteiger charge is -2.19. The van der Waals surface area contributed by atoms with Gasteiger partial charge < -0.3 is 9.47 Å². The maximum atomic E-state index is 12.5. The minimum Gasteiger partial charge on any atom is -0.494 e. The zero-order valence-electron chi connectivity index (χ0n) is 19.3. The van der Waals surface area contributed by atoms with Crippen LogP contribution < -0.4 is 4.74 Å². The first-order chi connectivity index (χ1) is 14.2. The van der Waals surface area contributed by atoms with Crippen LogP contribution >= 0.6 is 0 Å². The summed E-state index contributed by atoms with van der Waals surface area (Å²) in [5, 5.41) is 0. The molecule has 0 aliphatic heterocycles. The molecule has 0 N–H and O–H groups in total. The van der Waals surface area contributed by atoms with Crippen LogP contribution in [0.3, 0.4) is 0 Å². The molecule has 1 atom stereocenters. The van der Waals surface area contributed by atoms with Crippen molar-refractivity contribution in [1.29, 1.82) is 0 Å². The third-order valence-corrected chi connectivity index (χ3v) is 5.03. The third-order valence-electron chi connectivity index (χ3n) is 5.03. The number of carbonyl (C=O) groups excluding carboxylic acids is 3. The largest absolute Gasteiger partial charge is 0.494 e. The second-order valence-corrected chi connectivity index (χ2v) is 8.67. The van der Waals surface area contributed by atoms with E-state index < -0.39 is 11.9 Å². The Bertz CT molecular complexity index is 670. The van der Waals surface area contributed by atoms with Gasteiger partial charge in [-0.2, -0.15) is 0 Å². The van der Waals surface area contributed by atoms with Crippen molar-refractivity contribution in [2.45, 2.75) is 85.0 Å². The van der Waals surface area contributed by atoms with E-state index in [1.54, 1.807) is 6.92 Å². The monoisotopic (exact) mass is 418 g/mol. The van der Waals surface area contributed by atoms with Gasteiger partial charge in [0.05, 0.1) is 13.2 Å². The lowest BCUT2D eigenvalue weighted by molar-refractivity contribution is -0.155. The van der Waals surface area contributed by atoms with Crippen LogP contribution in [0.25, 0.3) is 0 Å². The van der Waals surface area contributed by atoms with Gasteiger partial charge in [0.25, 0.3) is 0 Å². The molecule has 0 saturated heterocycles. The molecule has 0 aromatic heterocycles. The van der Waals surface area contributed by atoms with Gasteiger partial charge in [-0.05, 0) is 36.0 Å². The van der Waals surface area contributed by atoms with Gasteiger partial charge >= 0.3 is 5.97 Å². The summed E-state index contributed by atoms with van der Waals surface area (Å²) in [7, 11) is 0. The molecule has 0 aliphatic carbocycles. The molecule has 0 fully saturated rings. The van der Waals surface area contributed by atoms with Gasteiger partial charge in [-0.15, -0.1) is 0 Å². The molecule has 0 heterocycles. The summed E-state index contributed by atoms with van der Waals surface area (Å²) in [4.78, 5) is 36.9. The van der Waals surface area contributed by atoms with Gasteiger partial charge in [-0.1, -0.05) is 66.0 Å². The van der Waals surface area contributed by atoms with E-state index in [1.165, 1.54) is 5.56 Å². The summed E-state index contributed by atoms with van der Waals surface area (Å²) < 4.78 is 10.9. The van der Waals surface area contributed by atoms with Gasteiger partial charge in [-0.3, -0.25) is 14.4 Å². The first-order valence-electron chi connectivity index (χ1n) is 11.2. The Morgan fingerprint density at radius 2 is 1.53 bits per heavy atom. The van der Waals surface area contributed by atoms with Gasteiger partial charge in [0.1, 0.15) is 5.75 Å². The predicted octanol–water partition coefficient (Wildman–Crippen LogP) is 5.43. The normalized spacial score (nSPS) is 12.3. The topological polar surface area (TPSA) is 69.7 Å². The molecule has 1 aromatic rings. The van der Waals surface area contributed by atoms with E-state index in [-0.39, 0.29) is 36.4 Å². The maximum Gasteiger partial charge on any atom is 0.324 e. The summed E-state index contributed by atoms with van der Waals surface area (Å²) in [5.41, 5.74) is 1.30. The quantitative estimate of drug-likeness (QED) is 0.229. The number of rotatable bonds is 14. The molecular formula is C25H38O5. The summed E-state index contributed by atoms with van der Waals surface area (Å²) in [6.07, 6.45) is 4.58. The van der Waals surface area contributed by atoms with E-state index in [9.17, 15) is 14.4 Å². The fourth-order valence-electron chi connectivity index (χ4n) is 3.06. The third kappa shape index (κ3) is 9.10. The Morgan fingerprint density at radius 3 is 2.10 bits per heavy atom. The van der Waals surface area contributed by atoms with Crippen molar-refractivity contribution < 1.29 is 23.9 Å². The van der Waals surface area contributed by atoms with Crippen LogP contribution in [0.15, 0.2) is 24.3 Å². The zero-order chi connectivity index (χ0) is 22.6. The standard InChI is InChI=1S/C25H38O5/c1-6-8-9-10-17-30-24(28)23(21(26)7-2)22(27)12-11-18-29-20-15-13-19(14-16-20)25(3,4)5/h13-16,23H,6-12,17-18H2,1-5H3. The molecule has 0 amide bonds. The van der Waals surface area contributed by atoms with Crippen LogP contribution in [0.2, 0.25) is 0 Å². The minimum atomic E-state index is -1.30. The summed E-state index contributed by atoms with van der Waals surface area (Å²) >= 11 is 0. The first kappa shape index (κ1) is 25.9. The number of hydrogen-bond acceptors (Lipinski definition) is 5. The SMILES string of the molecule is CCCCCCOC(=O)C(C(=O)CC)C(=O)CCCOc1ccc(C(C)(C)C)cc1. The summed E-state index contributed by atoms with van der Waals surface area (Å²) in [6.45, 7) is 10.8. The minimum absolute atomic E-state index is 0.0797. The Hall–Kier alpha value is -2.17. The average molecular weight is 419 g/mol. The van der Waals surface area contributed by atoms with Crippen LogP contribution in [0.5, 0.6) is 5.75 Å². The fourth-order valence-corrected chi connectivity index (χ4v) is 3.06. The summed E-state index contributed by atoms with van der Waals surface area (Å²) in [5.74, 6) is -2.03. The highest BCUT2D eigenvalue weighted by atomic mass is 16.5. The van der Waals surface area contributed by atoms with E-state index in [1.807, 2.05) is 24.3 Å². The first-order valence-corrected chi connectivity index (χ1v) is 11.2. The highest BCUT2D eigenvalue weighted by Gasteiger charge is 2.33. The van der Waals surface area contributed by atoms with Crippen molar-refractivity contribution in [1.82, 2.24) is 0 Å². The van der Waals surface area contributed by atoms with Crippen molar-refractivity contribution in [3.8, 4) is 5.75 Å². The Morgan fingerprint density at radius 1 is 0.867 bits per heavy atom. The molecule has 0 spiro atoms. The Labute approximate surface area is 181 Å². The molecular weight excluding hydrogens is 380 g/mol. The number of ether oxygens (including phenoxy) is 2. The lowest BCUT2D eigenvalue weighted by Crippen LogP contribution is -2.33. The van der Waals surface area contributed by atoms with Gasteiger partial charge in [0.2, 0.25) is 0 Å². The smallest absolute Gasteiger partial charge is 0.324 e. The molecule has 1 unspecified atom stereocenters. The van der Waals surface area contributed by atoms with Crippen molar-refractivity contribution in [2.75, 3.05) is 13.2 Å². The molecule has 0 aliphatic rings. The van der Waals surface area contributed by atoms with E-state index in [0.29, 0.717) is 13.0 Å². The molecule has 0 radical (unpaired) electrons. The number of hydrogen-bond donors (Lipinski definition) is 0. The Kier molecular flexibility index (Phi) is 11.4. The number of esters is 1. The Balaban J connectivity index is 2.47. The number of benzene rings is 1. The van der Waals surface area contributed by atoms with E-state index in [0.717, 1.165) is 31.4 Å². The van der Waals surface area contributed by atoms with Crippen LogP contribution in [0, 0.1) is 5.92 Å². The molecule has 168 valence electrons. The molecule has 5 nitrogen and oxygen atoms in total. The van der Waals surface area contributed by atoms with E-state index in [4.69, 9.17) is 9.47 Å². The molecule has 1 aromatic carbocycles. The molecule has 0 bridgehead atoms. The summed E-state index contributed by atoms with van der Waals surface area (Å²) in [6, 6.07) is 7.91. The lowest BCUT2D eigenvalue weighted by atomic mass is 9.87. The van der Waals surface area contributed by atoms with Crippen LogP contribution in [0.4, 0.5) is 0 Å². The molecule has 5 heteroatoms. The zero-order valence-corrected chi connectivity index (χ0v) is 19.3. The van der Waals surface area contributed by atoms with Gasteiger partial charge in [0, 0.05) is 12.8 Å². The van der Waals surface area contributed by atoms with Gasteiger partial charge in [-0.25, -0.2) is 0 Å². The van der Waals surface area contributed by atoms with Crippen LogP contribution in [0.1, 0.15) is 85.1 Å². The van der Waals surface area contributed by atoms with E-state index in [2.05, 4.69) is 27.7 Å². The second kappa shape index (κ2) is 13.2. The molecule has 30 heavy (non-hydrogen) atoms. The fraction of sp³-hybridized carbons (Fsp3) is 0.640. The van der Waals surface area contributed by atoms with Crippen molar-refractivity contribution in [3.63, 3.8) is 0 Å². The van der Waals surface area contributed by atoms with E-state index >= 15 is 0 Å². The van der Waals surface area contributed by atoms with Crippen molar-refractivity contribution >= 4 is 17.5 Å². The second-order valence-electron chi connectivity index (χ2n) is 8.67. The van der Waals surface area contributed by atoms with Crippen molar-refractivity contribution in [2.24, 2.45) is 5.92 Å². The number of Topliss-reactive ketones (excluding diaryl/α,β-unsaturated/α-hetero) is 2. The molecule has 1 rings (SSSR count). The highest BCUT2D eigenvalue weighted by Crippen LogP contribution is 2.24. The van der Waals surface area contributed by atoms with Crippen molar-refractivity contribution in [3.05, 3.63) is 29.8 Å². The van der Waals surface area contributed by atoms with Crippen LogP contribution in [-0.4, -0.2) is 30.7 Å². The predicted molar refractivity (Wildman–Crippen MR) is 119 cm³/mol. The highest BCUT2D eigenvalue weighted by molar-refractivity contribution is 6.17. The number of unbranched alkanes of at least 4 members (excludes halogenated alkanes) is 3. The average Bonchev–Trinajstić information content (AvgIpc) is 2.70. The van der Waals surface area contributed by atoms with Crippen LogP contribution in [-0.2, 0) is 24.5 Å². The van der Waals surface area contributed by atoms with Gasteiger partial charge in [0.15, 0.2) is 17.5 Å². The number of carbonyl (C=O) groups is 3.